The van der Waals surface area contributed by atoms with E-state index in [2.05, 4.69) is 0 Å². The molecule has 0 saturated carbocycles. The van der Waals surface area contributed by atoms with Gasteiger partial charge in [-0.1, -0.05) is 18.2 Å². The highest BCUT2D eigenvalue weighted by atomic mass is 31.2. The zero-order valence-corrected chi connectivity index (χ0v) is 10.8. The average Bonchev–Trinajstić information content (AvgIpc) is 2.35. The van der Waals surface area contributed by atoms with Crippen LogP contribution in [-0.2, 0) is 14.1 Å². The zero-order valence-electron chi connectivity index (χ0n) is 9.94. The molecule has 0 aliphatic heterocycles. The van der Waals surface area contributed by atoms with Gasteiger partial charge in [0.2, 0.25) is 7.37 Å². The fraction of sp³-hybridized carbons (Fsp3) is 0.333. The molecule has 1 rings (SSSR count). The van der Waals surface area contributed by atoms with Crippen molar-refractivity contribution >= 4 is 18.6 Å². The lowest BCUT2D eigenvalue weighted by molar-refractivity contribution is -0.143. The lowest BCUT2D eigenvalue weighted by Crippen LogP contribution is -2.17. The number of rotatable bonds is 5. The summed E-state index contributed by atoms with van der Waals surface area (Å²) in [5, 5.41) is 9.08. The van der Waals surface area contributed by atoms with Crippen molar-refractivity contribution < 1.29 is 19.0 Å². The highest BCUT2D eigenvalue weighted by molar-refractivity contribution is 7.66. The molecule has 0 fully saturated rings. The van der Waals surface area contributed by atoms with E-state index in [9.17, 15) is 14.3 Å². The first kappa shape index (κ1) is 14.4. The second kappa shape index (κ2) is 6.34. The van der Waals surface area contributed by atoms with Crippen LogP contribution in [0.15, 0.2) is 30.3 Å². The average molecular weight is 267 g/mol. The van der Waals surface area contributed by atoms with Gasteiger partial charge < -0.3 is 9.63 Å². The molecule has 6 heteroatoms. The summed E-state index contributed by atoms with van der Waals surface area (Å²) < 4.78 is 16.7. The Hall–Kier alpha value is -1.63. The van der Waals surface area contributed by atoms with Crippen LogP contribution in [0.3, 0.4) is 0 Å². The first-order chi connectivity index (χ1) is 8.45. The molecule has 0 heterocycles. The van der Waals surface area contributed by atoms with Crippen LogP contribution < -0.4 is 5.30 Å². The zero-order chi connectivity index (χ0) is 13.6. The summed E-state index contributed by atoms with van der Waals surface area (Å²) >= 11 is 0. The second-order valence-corrected chi connectivity index (χ2v) is 6.14. The van der Waals surface area contributed by atoms with Crippen molar-refractivity contribution in [1.82, 2.24) is 0 Å². The maximum absolute atomic E-state index is 12.0. The molecule has 0 radical (unpaired) electrons. The molecule has 96 valence electrons. The Morgan fingerprint density at radius 2 is 2.11 bits per heavy atom. The number of nitrogens with zero attached hydrogens (tertiary/aromatic N) is 1. The van der Waals surface area contributed by atoms with E-state index < -0.39 is 19.4 Å². The summed E-state index contributed by atoms with van der Waals surface area (Å²) in [7, 11) is -3.50. The normalized spacial score (nSPS) is 15.2. The third-order valence-corrected chi connectivity index (χ3v) is 4.28. The number of hydrogen-bond donors (Lipinski definition) is 1. The van der Waals surface area contributed by atoms with Crippen molar-refractivity contribution in [1.29, 1.82) is 5.26 Å². The summed E-state index contributed by atoms with van der Waals surface area (Å²) in [6, 6.07) is 10.0. The van der Waals surface area contributed by atoms with E-state index >= 15 is 0 Å². The number of hydrogen-bond acceptors (Lipinski definition) is 4. The van der Waals surface area contributed by atoms with E-state index in [1.165, 1.54) is 6.92 Å². The highest BCUT2D eigenvalue weighted by Crippen LogP contribution is 2.40. The molecule has 2 atom stereocenters. The maximum atomic E-state index is 12.0. The van der Waals surface area contributed by atoms with Crippen LogP contribution in [0.4, 0.5) is 0 Å². The van der Waals surface area contributed by atoms with Crippen LogP contribution in [0.1, 0.15) is 13.3 Å². The molecule has 0 aromatic heterocycles. The first-order valence-electron chi connectivity index (χ1n) is 5.40. The fourth-order valence-electron chi connectivity index (χ4n) is 1.43. The third-order valence-electron chi connectivity index (χ3n) is 2.31. The molecule has 0 bridgehead atoms. The Balaban J connectivity index is 2.65. The molecule has 1 N–H and O–H groups in total. The molecule has 0 spiro atoms. The van der Waals surface area contributed by atoms with Gasteiger partial charge in [0, 0.05) is 24.8 Å². The van der Waals surface area contributed by atoms with Crippen molar-refractivity contribution in [3.8, 4) is 6.07 Å². The molecule has 0 aliphatic carbocycles. The Kier molecular flexibility index (Phi) is 5.08. The Morgan fingerprint density at radius 1 is 1.50 bits per heavy atom. The lowest BCUT2D eigenvalue weighted by Gasteiger charge is -2.14. The molecule has 1 aromatic rings. The monoisotopic (exact) mass is 267 g/mol. The minimum atomic E-state index is -3.50. The molecule has 5 nitrogen and oxygen atoms in total. The standard InChI is InChI=1S/C12H14NO4P/c1-10(14)17-11(9-13)7-8-18(15,16)12-5-3-2-4-6-12/h2-6,11H,7-8H2,1H3,(H,15,16). The number of ether oxygens (including phenoxy) is 1. The summed E-state index contributed by atoms with van der Waals surface area (Å²) in [5.41, 5.74) is 0. The van der Waals surface area contributed by atoms with Gasteiger partial charge in [-0.2, -0.15) is 5.26 Å². The SMILES string of the molecule is CC(=O)OC(C#N)CCP(=O)(O)c1ccccc1. The largest absolute Gasteiger partial charge is 0.447 e. The van der Waals surface area contributed by atoms with Gasteiger partial charge in [0.25, 0.3) is 0 Å². The van der Waals surface area contributed by atoms with Crippen LogP contribution in [0.5, 0.6) is 0 Å². The van der Waals surface area contributed by atoms with Gasteiger partial charge >= 0.3 is 5.97 Å². The molecule has 0 aliphatic rings. The van der Waals surface area contributed by atoms with Crippen LogP contribution in [0.25, 0.3) is 0 Å². The summed E-state index contributed by atoms with van der Waals surface area (Å²) in [5.74, 6) is -0.575. The smallest absolute Gasteiger partial charge is 0.303 e. The predicted octanol–water partition coefficient (Wildman–Crippen LogP) is 1.43. The van der Waals surface area contributed by atoms with Gasteiger partial charge in [-0.15, -0.1) is 0 Å². The molecule has 0 amide bonds. The number of carbonyl (C=O) groups excluding carboxylic acids is 1. The van der Waals surface area contributed by atoms with Gasteiger partial charge in [0.15, 0.2) is 6.10 Å². The molecule has 2 unspecified atom stereocenters. The van der Waals surface area contributed by atoms with Crippen LogP contribution >= 0.6 is 7.37 Å². The van der Waals surface area contributed by atoms with Crippen molar-refractivity contribution in [3.05, 3.63) is 30.3 Å². The summed E-state index contributed by atoms with van der Waals surface area (Å²) in [6.45, 7) is 1.19. The van der Waals surface area contributed by atoms with Crippen molar-refractivity contribution in [2.45, 2.75) is 19.4 Å². The Bertz CT molecular complexity index is 495. The fourth-order valence-corrected chi connectivity index (χ4v) is 2.91. The molecule has 1 aromatic carbocycles. The quantitative estimate of drug-likeness (QED) is 0.644. The summed E-state index contributed by atoms with van der Waals surface area (Å²) in [6.07, 6.45) is -1.03. The molecule has 0 saturated heterocycles. The lowest BCUT2D eigenvalue weighted by atomic mass is 10.3. The van der Waals surface area contributed by atoms with Gasteiger partial charge in [0.1, 0.15) is 6.07 Å². The molecule has 18 heavy (non-hydrogen) atoms. The molecular weight excluding hydrogens is 253 g/mol. The Labute approximate surface area is 105 Å². The van der Waals surface area contributed by atoms with Crippen molar-refractivity contribution in [2.24, 2.45) is 0 Å². The van der Waals surface area contributed by atoms with E-state index in [0.29, 0.717) is 5.30 Å². The van der Waals surface area contributed by atoms with Gasteiger partial charge in [0.05, 0.1) is 0 Å². The number of benzene rings is 1. The van der Waals surface area contributed by atoms with Gasteiger partial charge in [-0.05, 0) is 12.1 Å². The Morgan fingerprint density at radius 3 is 2.61 bits per heavy atom. The molecular formula is C12H14NO4P. The van der Waals surface area contributed by atoms with Gasteiger partial charge in [-0.3, -0.25) is 9.36 Å². The van der Waals surface area contributed by atoms with Crippen molar-refractivity contribution in [3.63, 3.8) is 0 Å². The first-order valence-corrected chi connectivity index (χ1v) is 7.24. The van der Waals surface area contributed by atoms with E-state index in [4.69, 9.17) is 10.00 Å². The number of esters is 1. The van der Waals surface area contributed by atoms with E-state index in [0.717, 1.165) is 0 Å². The topological polar surface area (TPSA) is 87.4 Å². The van der Waals surface area contributed by atoms with Crippen molar-refractivity contribution in [2.75, 3.05) is 6.16 Å². The van der Waals surface area contributed by atoms with Gasteiger partial charge in [-0.25, -0.2) is 0 Å². The minimum Gasteiger partial charge on any atom is -0.447 e. The number of carbonyl (C=O) groups is 1. The van der Waals surface area contributed by atoms with E-state index in [1.54, 1.807) is 36.4 Å². The predicted molar refractivity (Wildman–Crippen MR) is 66.6 cm³/mol. The third kappa shape index (κ3) is 4.33. The van der Waals surface area contributed by atoms with Crippen LogP contribution in [0, 0.1) is 11.3 Å². The number of nitriles is 1. The summed E-state index contributed by atoms with van der Waals surface area (Å²) in [4.78, 5) is 20.6. The highest BCUT2D eigenvalue weighted by Gasteiger charge is 2.23. The maximum Gasteiger partial charge on any atom is 0.303 e. The van der Waals surface area contributed by atoms with E-state index in [1.807, 2.05) is 0 Å². The van der Waals surface area contributed by atoms with Crippen LogP contribution in [0.2, 0.25) is 0 Å². The second-order valence-electron chi connectivity index (χ2n) is 3.78. The minimum absolute atomic E-state index is 0.0404. The van der Waals surface area contributed by atoms with Crippen LogP contribution in [-0.4, -0.2) is 23.1 Å². The van der Waals surface area contributed by atoms with E-state index in [-0.39, 0.29) is 12.6 Å².